The maximum atomic E-state index is 4.19. The molecule has 0 aliphatic carbocycles. The molecule has 86 valence electrons. The first-order chi connectivity index (χ1) is 7.17. The van der Waals surface area contributed by atoms with Crippen molar-refractivity contribution in [3.05, 3.63) is 18.0 Å². The second-order valence-electron chi connectivity index (χ2n) is 4.31. The summed E-state index contributed by atoms with van der Waals surface area (Å²) in [5.74, 6) is 0.759. The Kier molecular flexibility index (Phi) is 4.82. The van der Waals surface area contributed by atoms with Gasteiger partial charge in [0.1, 0.15) is 0 Å². The van der Waals surface area contributed by atoms with Crippen molar-refractivity contribution < 1.29 is 0 Å². The van der Waals surface area contributed by atoms with Crippen molar-refractivity contribution in [2.75, 3.05) is 7.05 Å². The molecule has 2 atom stereocenters. The van der Waals surface area contributed by atoms with E-state index < -0.39 is 0 Å². The Hall–Kier alpha value is -0.830. The van der Waals surface area contributed by atoms with E-state index >= 15 is 0 Å². The monoisotopic (exact) mass is 209 g/mol. The fourth-order valence-corrected chi connectivity index (χ4v) is 2.00. The Morgan fingerprint density at radius 2 is 2.27 bits per heavy atom. The molecule has 2 unspecified atom stereocenters. The molecule has 0 spiro atoms. The van der Waals surface area contributed by atoms with Crippen LogP contribution in [0.25, 0.3) is 0 Å². The van der Waals surface area contributed by atoms with E-state index in [0.29, 0.717) is 6.04 Å². The van der Waals surface area contributed by atoms with Crippen LogP contribution in [0, 0.1) is 5.92 Å². The highest BCUT2D eigenvalue weighted by molar-refractivity contribution is 5.03. The molecule has 0 saturated heterocycles. The first kappa shape index (κ1) is 12.2. The van der Waals surface area contributed by atoms with E-state index in [4.69, 9.17) is 0 Å². The van der Waals surface area contributed by atoms with E-state index in [1.54, 1.807) is 0 Å². The van der Waals surface area contributed by atoms with Crippen molar-refractivity contribution >= 4 is 0 Å². The molecule has 1 aromatic heterocycles. The van der Waals surface area contributed by atoms with Gasteiger partial charge >= 0.3 is 0 Å². The minimum atomic E-state index is 0.603. The summed E-state index contributed by atoms with van der Waals surface area (Å²) in [6, 6.07) is 0.603. The lowest BCUT2D eigenvalue weighted by molar-refractivity contribution is 0.361. The van der Waals surface area contributed by atoms with Crippen molar-refractivity contribution in [3.8, 4) is 0 Å². The van der Waals surface area contributed by atoms with E-state index in [-0.39, 0.29) is 0 Å². The van der Waals surface area contributed by atoms with Crippen molar-refractivity contribution in [3.63, 3.8) is 0 Å². The van der Waals surface area contributed by atoms with Crippen molar-refractivity contribution in [2.24, 2.45) is 13.0 Å². The molecular weight excluding hydrogens is 186 g/mol. The van der Waals surface area contributed by atoms with Gasteiger partial charge in [-0.3, -0.25) is 4.68 Å². The second-order valence-corrected chi connectivity index (χ2v) is 4.31. The molecule has 1 aromatic rings. The molecule has 1 heterocycles. The molecular formula is C12H23N3. The van der Waals surface area contributed by atoms with Crippen molar-refractivity contribution in [1.29, 1.82) is 0 Å². The summed E-state index contributed by atoms with van der Waals surface area (Å²) in [6.45, 7) is 4.53. The van der Waals surface area contributed by atoms with Crippen LogP contribution >= 0.6 is 0 Å². The molecule has 0 aliphatic heterocycles. The van der Waals surface area contributed by atoms with Gasteiger partial charge in [0.25, 0.3) is 0 Å². The maximum Gasteiger partial charge on any atom is 0.0521 e. The normalized spacial score (nSPS) is 15.2. The summed E-state index contributed by atoms with van der Waals surface area (Å²) in [5.41, 5.74) is 1.35. The molecule has 0 fully saturated rings. The summed E-state index contributed by atoms with van der Waals surface area (Å²) in [5, 5.41) is 7.52. The van der Waals surface area contributed by atoms with Crippen LogP contribution in [0.15, 0.2) is 12.4 Å². The van der Waals surface area contributed by atoms with Gasteiger partial charge in [0.2, 0.25) is 0 Å². The fraction of sp³-hybridized carbons (Fsp3) is 0.750. The molecule has 0 aromatic carbocycles. The highest BCUT2D eigenvalue weighted by atomic mass is 15.2. The van der Waals surface area contributed by atoms with E-state index in [1.807, 2.05) is 25.0 Å². The third-order valence-corrected chi connectivity index (χ3v) is 3.25. The third kappa shape index (κ3) is 3.67. The molecule has 0 saturated carbocycles. The van der Waals surface area contributed by atoms with Gasteiger partial charge in [0, 0.05) is 19.3 Å². The van der Waals surface area contributed by atoms with Crippen LogP contribution in [-0.2, 0) is 13.5 Å². The number of hydrogen-bond donors (Lipinski definition) is 1. The average molecular weight is 209 g/mol. The summed E-state index contributed by atoms with van der Waals surface area (Å²) in [4.78, 5) is 0. The smallest absolute Gasteiger partial charge is 0.0521 e. The van der Waals surface area contributed by atoms with Crippen LogP contribution in [0.5, 0.6) is 0 Å². The molecule has 1 rings (SSSR count). The largest absolute Gasteiger partial charge is 0.317 e. The van der Waals surface area contributed by atoms with Crippen LogP contribution in [-0.4, -0.2) is 22.9 Å². The topological polar surface area (TPSA) is 29.9 Å². The first-order valence-electron chi connectivity index (χ1n) is 5.82. The van der Waals surface area contributed by atoms with Crippen LogP contribution in [0.4, 0.5) is 0 Å². The molecule has 15 heavy (non-hydrogen) atoms. The van der Waals surface area contributed by atoms with Crippen LogP contribution < -0.4 is 5.32 Å². The lowest BCUT2D eigenvalue weighted by Gasteiger charge is -2.21. The van der Waals surface area contributed by atoms with Crippen LogP contribution in [0.3, 0.4) is 0 Å². The van der Waals surface area contributed by atoms with Crippen LogP contribution in [0.2, 0.25) is 0 Å². The quantitative estimate of drug-likeness (QED) is 0.776. The number of aryl methyl sites for hydroxylation is 2. The van der Waals surface area contributed by atoms with Gasteiger partial charge in [-0.1, -0.05) is 13.3 Å². The van der Waals surface area contributed by atoms with Gasteiger partial charge in [-0.2, -0.15) is 5.10 Å². The van der Waals surface area contributed by atoms with Gasteiger partial charge in [-0.15, -0.1) is 0 Å². The number of nitrogens with zero attached hydrogens (tertiary/aromatic N) is 2. The summed E-state index contributed by atoms with van der Waals surface area (Å²) >= 11 is 0. The first-order valence-corrected chi connectivity index (χ1v) is 5.82. The fourth-order valence-electron chi connectivity index (χ4n) is 2.00. The van der Waals surface area contributed by atoms with Gasteiger partial charge in [-0.25, -0.2) is 0 Å². The molecule has 0 bridgehead atoms. The molecule has 3 nitrogen and oxygen atoms in total. The van der Waals surface area contributed by atoms with Gasteiger partial charge in [0.05, 0.1) is 6.20 Å². The zero-order valence-electron chi connectivity index (χ0n) is 10.3. The van der Waals surface area contributed by atoms with Gasteiger partial charge in [0.15, 0.2) is 0 Å². The predicted molar refractivity (Wildman–Crippen MR) is 63.8 cm³/mol. The van der Waals surface area contributed by atoms with Gasteiger partial charge < -0.3 is 5.32 Å². The van der Waals surface area contributed by atoms with E-state index in [0.717, 1.165) is 12.3 Å². The molecule has 3 heteroatoms. The standard InChI is InChI=1S/C12H23N3/c1-5-12(10(2)13-3)7-6-11-8-14-15(4)9-11/h8-10,12-13H,5-7H2,1-4H3. The lowest BCUT2D eigenvalue weighted by atomic mass is 9.92. The minimum Gasteiger partial charge on any atom is -0.317 e. The number of hydrogen-bond acceptors (Lipinski definition) is 2. The van der Waals surface area contributed by atoms with Crippen molar-refractivity contribution in [2.45, 2.75) is 39.2 Å². The predicted octanol–water partition coefficient (Wildman–Crippen LogP) is 1.99. The van der Waals surface area contributed by atoms with E-state index in [2.05, 4.69) is 30.5 Å². The molecule has 1 N–H and O–H groups in total. The van der Waals surface area contributed by atoms with E-state index in [1.165, 1.54) is 18.4 Å². The zero-order chi connectivity index (χ0) is 11.3. The number of nitrogens with one attached hydrogen (secondary N) is 1. The summed E-state index contributed by atoms with van der Waals surface area (Å²) in [6.07, 6.45) is 7.69. The SMILES string of the molecule is CCC(CCc1cnn(C)c1)C(C)NC. The summed E-state index contributed by atoms with van der Waals surface area (Å²) < 4.78 is 1.87. The van der Waals surface area contributed by atoms with Gasteiger partial charge in [-0.05, 0) is 38.3 Å². The average Bonchev–Trinajstić information content (AvgIpc) is 2.64. The number of aromatic nitrogens is 2. The Bertz CT molecular complexity index is 280. The highest BCUT2D eigenvalue weighted by Crippen LogP contribution is 2.16. The maximum absolute atomic E-state index is 4.19. The zero-order valence-corrected chi connectivity index (χ0v) is 10.3. The molecule has 0 radical (unpaired) electrons. The lowest BCUT2D eigenvalue weighted by Crippen LogP contribution is -2.30. The third-order valence-electron chi connectivity index (χ3n) is 3.25. The Morgan fingerprint density at radius 3 is 2.73 bits per heavy atom. The summed E-state index contributed by atoms with van der Waals surface area (Å²) in [7, 11) is 4.01. The van der Waals surface area contributed by atoms with Crippen LogP contribution in [0.1, 0.15) is 32.3 Å². The minimum absolute atomic E-state index is 0.603. The van der Waals surface area contributed by atoms with Crippen molar-refractivity contribution in [1.82, 2.24) is 15.1 Å². The number of rotatable bonds is 6. The molecule has 0 amide bonds. The van der Waals surface area contributed by atoms with E-state index in [9.17, 15) is 0 Å². The Balaban J connectivity index is 2.40. The second kappa shape index (κ2) is 5.91. The Labute approximate surface area is 92.9 Å². The Morgan fingerprint density at radius 1 is 1.53 bits per heavy atom. The molecule has 0 aliphatic rings. The highest BCUT2D eigenvalue weighted by Gasteiger charge is 2.13.